The molecule has 0 unspecified atom stereocenters. The van der Waals surface area contributed by atoms with E-state index in [-0.39, 0.29) is 0 Å². The van der Waals surface area contributed by atoms with E-state index in [9.17, 15) is 0 Å². The summed E-state index contributed by atoms with van der Waals surface area (Å²) in [4.78, 5) is 2.41. The van der Waals surface area contributed by atoms with Crippen molar-refractivity contribution in [2.24, 2.45) is 0 Å². The predicted molar refractivity (Wildman–Crippen MR) is 255 cm³/mol. The first-order valence-electron chi connectivity index (χ1n) is 20.6. The van der Waals surface area contributed by atoms with Crippen molar-refractivity contribution in [3.05, 3.63) is 243 Å². The highest BCUT2D eigenvalue weighted by Gasteiger charge is 2.21. The molecule has 2 heteroatoms. The Balaban J connectivity index is 1.08. The van der Waals surface area contributed by atoms with Crippen molar-refractivity contribution in [1.29, 1.82) is 0 Å². The van der Waals surface area contributed by atoms with Crippen LogP contribution in [0, 0.1) is 0 Å². The minimum absolute atomic E-state index is 1.08. The maximum absolute atomic E-state index is 2.41. The van der Waals surface area contributed by atoms with E-state index in [1.807, 2.05) is 0 Å². The van der Waals surface area contributed by atoms with Gasteiger partial charge in [-0.25, -0.2) is 0 Å². The molecule has 2 nitrogen and oxygen atoms in total. The van der Waals surface area contributed by atoms with Crippen molar-refractivity contribution in [3.8, 4) is 50.2 Å². The van der Waals surface area contributed by atoms with Crippen molar-refractivity contribution < 1.29 is 0 Å². The summed E-state index contributed by atoms with van der Waals surface area (Å²) in [5.41, 5.74) is 16.3. The third-order valence-corrected chi connectivity index (χ3v) is 11.8. The lowest BCUT2D eigenvalue weighted by molar-refractivity contribution is 1.17. The highest BCUT2D eigenvalue weighted by molar-refractivity contribution is 6.09. The van der Waals surface area contributed by atoms with Gasteiger partial charge in [-0.15, -0.1) is 0 Å². The fourth-order valence-electron chi connectivity index (χ4n) is 9.08. The van der Waals surface area contributed by atoms with Crippen LogP contribution in [-0.4, -0.2) is 4.57 Å². The zero-order chi connectivity index (χ0) is 39.8. The number of rotatable bonds is 8. The van der Waals surface area contributed by atoms with Gasteiger partial charge in [0, 0.05) is 33.4 Å². The Morgan fingerprint density at radius 3 is 1.37 bits per heavy atom. The number of nitrogens with zero attached hydrogens (tertiary/aromatic N) is 2. The first-order chi connectivity index (χ1) is 29.8. The van der Waals surface area contributed by atoms with E-state index >= 15 is 0 Å². The van der Waals surface area contributed by atoms with Crippen LogP contribution in [0.4, 0.5) is 17.1 Å². The van der Waals surface area contributed by atoms with Crippen LogP contribution in [0.3, 0.4) is 0 Å². The summed E-state index contributed by atoms with van der Waals surface area (Å²) in [5.74, 6) is 0. The van der Waals surface area contributed by atoms with Gasteiger partial charge in [0.05, 0.1) is 16.7 Å². The van der Waals surface area contributed by atoms with Crippen molar-refractivity contribution in [2.75, 3.05) is 4.90 Å². The molecule has 0 saturated heterocycles. The molecule has 0 aliphatic heterocycles. The molecule has 0 radical (unpaired) electrons. The standard InChI is InChI=1S/C58H40N2/c1-2-17-41(18-3-1)49-22-6-7-23-50(49)51-24-8-9-25-52(51)53-26-10-13-30-56(53)59(44-35-33-43(34-36-44)48-29-16-20-42-19-4-5-21-47(42)48)45-37-39-46(40-38-45)60-57-31-14-11-27-54(57)55-28-12-15-32-58(55)60/h1-40H. The van der Waals surface area contributed by atoms with Crippen molar-refractivity contribution in [2.45, 2.75) is 0 Å². The van der Waals surface area contributed by atoms with Gasteiger partial charge in [-0.05, 0) is 104 Å². The molecule has 0 spiro atoms. The molecule has 10 aromatic carbocycles. The molecule has 0 aliphatic carbocycles. The van der Waals surface area contributed by atoms with Crippen LogP contribution in [-0.2, 0) is 0 Å². The summed E-state index contributed by atoms with van der Waals surface area (Å²) >= 11 is 0. The van der Waals surface area contributed by atoms with Crippen molar-refractivity contribution >= 4 is 49.6 Å². The molecule has 0 fully saturated rings. The number of fused-ring (bicyclic) bond motifs is 4. The van der Waals surface area contributed by atoms with E-state index in [0.29, 0.717) is 0 Å². The molecule has 0 amide bonds. The first kappa shape index (κ1) is 35.2. The fraction of sp³-hybridized carbons (Fsp3) is 0. The van der Waals surface area contributed by atoms with Gasteiger partial charge in [-0.2, -0.15) is 0 Å². The van der Waals surface area contributed by atoms with Crippen LogP contribution in [0.5, 0.6) is 0 Å². The lowest BCUT2D eigenvalue weighted by Gasteiger charge is -2.29. The largest absolute Gasteiger partial charge is 0.310 e. The second-order valence-corrected chi connectivity index (χ2v) is 15.3. The molecular formula is C58H40N2. The molecule has 1 aromatic heterocycles. The third-order valence-electron chi connectivity index (χ3n) is 11.8. The maximum Gasteiger partial charge on any atom is 0.0541 e. The molecule has 282 valence electrons. The third kappa shape index (κ3) is 6.14. The number of hydrogen-bond donors (Lipinski definition) is 0. The Hall–Kier alpha value is -7.94. The van der Waals surface area contributed by atoms with E-state index in [2.05, 4.69) is 252 Å². The van der Waals surface area contributed by atoms with Crippen LogP contribution in [0.25, 0.3) is 82.8 Å². The summed E-state index contributed by atoms with van der Waals surface area (Å²) < 4.78 is 2.38. The molecule has 60 heavy (non-hydrogen) atoms. The minimum atomic E-state index is 1.08. The summed E-state index contributed by atoms with van der Waals surface area (Å²) in [7, 11) is 0. The van der Waals surface area contributed by atoms with Crippen LogP contribution in [0.15, 0.2) is 243 Å². The van der Waals surface area contributed by atoms with Crippen LogP contribution in [0.1, 0.15) is 0 Å². The molecule has 0 saturated carbocycles. The Bertz CT molecular complexity index is 3240. The number of para-hydroxylation sites is 3. The Morgan fingerprint density at radius 2 is 0.700 bits per heavy atom. The number of anilines is 3. The van der Waals surface area contributed by atoms with E-state index in [1.165, 1.54) is 71.5 Å². The van der Waals surface area contributed by atoms with Gasteiger partial charge >= 0.3 is 0 Å². The highest BCUT2D eigenvalue weighted by atomic mass is 15.1. The smallest absolute Gasteiger partial charge is 0.0541 e. The van der Waals surface area contributed by atoms with E-state index in [0.717, 1.165) is 28.3 Å². The summed E-state index contributed by atoms with van der Waals surface area (Å²) in [6.07, 6.45) is 0. The lowest BCUT2D eigenvalue weighted by Crippen LogP contribution is -2.11. The summed E-state index contributed by atoms with van der Waals surface area (Å²) in [5, 5.41) is 5.01. The Morgan fingerprint density at radius 1 is 0.267 bits per heavy atom. The van der Waals surface area contributed by atoms with E-state index in [1.54, 1.807) is 0 Å². The van der Waals surface area contributed by atoms with E-state index < -0.39 is 0 Å². The quantitative estimate of drug-likeness (QED) is 0.150. The zero-order valence-corrected chi connectivity index (χ0v) is 33.0. The second-order valence-electron chi connectivity index (χ2n) is 15.3. The molecule has 11 rings (SSSR count). The van der Waals surface area contributed by atoms with Crippen molar-refractivity contribution in [3.63, 3.8) is 0 Å². The van der Waals surface area contributed by atoms with Gasteiger partial charge < -0.3 is 9.47 Å². The van der Waals surface area contributed by atoms with Crippen molar-refractivity contribution in [1.82, 2.24) is 4.57 Å². The second kappa shape index (κ2) is 15.1. The molecule has 11 aromatic rings. The molecule has 0 N–H and O–H groups in total. The zero-order valence-electron chi connectivity index (χ0n) is 33.0. The average molecular weight is 765 g/mol. The van der Waals surface area contributed by atoms with Gasteiger partial charge in [0.2, 0.25) is 0 Å². The van der Waals surface area contributed by atoms with Crippen LogP contribution >= 0.6 is 0 Å². The molecule has 0 aliphatic rings. The van der Waals surface area contributed by atoms with E-state index in [4.69, 9.17) is 0 Å². The van der Waals surface area contributed by atoms with Gasteiger partial charge in [0.15, 0.2) is 0 Å². The summed E-state index contributed by atoms with van der Waals surface area (Å²) in [6, 6.07) is 87.9. The highest BCUT2D eigenvalue weighted by Crippen LogP contribution is 2.46. The SMILES string of the molecule is c1ccc(-c2ccccc2-c2ccccc2-c2ccccc2N(c2ccc(-c3cccc4ccccc34)cc2)c2ccc(-n3c4ccccc4c4ccccc43)cc2)cc1. The van der Waals surface area contributed by atoms with Crippen LogP contribution in [0.2, 0.25) is 0 Å². The topological polar surface area (TPSA) is 8.17 Å². The monoisotopic (exact) mass is 764 g/mol. The predicted octanol–water partition coefficient (Wildman–Crippen LogP) is 16.1. The Labute approximate surface area is 350 Å². The average Bonchev–Trinajstić information content (AvgIpc) is 3.67. The molecule has 0 bridgehead atoms. The van der Waals surface area contributed by atoms with Gasteiger partial charge in [0.25, 0.3) is 0 Å². The van der Waals surface area contributed by atoms with Gasteiger partial charge in [-0.1, -0.05) is 188 Å². The Kier molecular flexibility index (Phi) is 8.87. The van der Waals surface area contributed by atoms with Crippen LogP contribution < -0.4 is 4.90 Å². The minimum Gasteiger partial charge on any atom is -0.310 e. The fourth-order valence-corrected chi connectivity index (χ4v) is 9.08. The van der Waals surface area contributed by atoms with Gasteiger partial charge in [-0.3, -0.25) is 0 Å². The van der Waals surface area contributed by atoms with Gasteiger partial charge in [0.1, 0.15) is 0 Å². The first-order valence-corrected chi connectivity index (χ1v) is 20.6. The molecule has 1 heterocycles. The maximum atomic E-state index is 2.41. The number of aromatic nitrogens is 1. The number of hydrogen-bond acceptors (Lipinski definition) is 1. The summed E-state index contributed by atoms with van der Waals surface area (Å²) in [6.45, 7) is 0. The lowest BCUT2D eigenvalue weighted by atomic mass is 9.88. The molecular weight excluding hydrogens is 725 g/mol. The normalized spacial score (nSPS) is 11.3. The number of benzene rings is 10. The molecule has 0 atom stereocenters.